The summed E-state index contributed by atoms with van der Waals surface area (Å²) in [4.78, 5) is 13.9. The molecule has 0 aromatic heterocycles. The van der Waals surface area contributed by atoms with Crippen molar-refractivity contribution in [1.29, 1.82) is 0 Å². The number of nitrogens with zero attached hydrogens (tertiary/aromatic N) is 1. The fourth-order valence-electron chi connectivity index (χ4n) is 1.91. The molecule has 0 saturated carbocycles. The molecular formula is C9H17N3OS. The van der Waals surface area contributed by atoms with Gasteiger partial charge in [-0.15, -0.1) is 11.8 Å². The van der Waals surface area contributed by atoms with Crippen molar-refractivity contribution in [2.75, 3.05) is 31.3 Å². The lowest BCUT2D eigenvalue weighted by molar-refractivity contribution is -0.133. The van der Waals surface area contributed by atoms with Gasteiger partial charge in [-0.25, -0.2) is 0 Å². The van der Waals surface area contributed by atoms with Crippen LogP contribution in [-0.4, -0.2) is 54.2 Å². The minimum absolute atomic E-state index is 0.0605. The number of carbonyl (C=O) groups is 1. The Kier molecular flexibility index (Phi) is 3.30. The molecule has 80 valence electrons. The van der Waals surface area contributed by atoms with Gasteiger partial charge in [-0.3, -0.25) is 10.1 Å². The van der Waals surface area contributed by atoms with Crippen LogP contribution in [0.4, 0.5) is 0 Å². The maximum Gasteiger partial charge on any atom is 0.240 e. The molecule has 2 aliphatic heterocycles. The molecule has 0 aromatic carbocycles. The molecule has 14 heavy (non-hydrogen) atoms. The molecule has 1 amide bonds. The predicted octanol–water partition coefficient (Wildman–Crippen LogP) is -0.531. The van der Waals surface area contributed by atoms with E-state index < -0.39 is 0 Å². The first kappa shape index (κ1) is 10.3. The Labute approximate surface area is 88.8 Å². The molecule has 2 saturated heterocycles. The second-order valence-electron chi connectivity index (χ2n) is 3.91. The van der Waals surface area contributed by atoms with Crippen LogP contribution in [0.15, 0.2) is 0 Å². The van der Waals surface area contributed by atoms with E-state index in [4.69, 9.17) is 0 Å². The van der Waals surface area contributed by atoms with Gasteiger partial charge in [0.05, 0.1) is 6.04 Å². The van der Waals surface area contributed by atoms with Crippen LogP contribution in [-0.2, 0) is 4.79 Å². The highest BCUT2D eigenvalue weighted by Crippen LogP contribution is 2.12. The van der Waals surface area contributed by atoms with Crippen molar-refractivity contribution in [2.24, 2.45) is 0 Å². The van der Waals surface area contributed by atoms with Gasteiger partial charge < -0.3 is 10.2 Å². The van der Waals surface area contributed by atoms with Crippen molar-refractivity contribution < 1.29 is 4.79 Å². The maximum atomic E-state index is 12.0. The van der Waals surface area contributed by atoms with Crippen LogP contribution in [0.5, 0.6) is 0 Å². The number of hydrogen-bond donors (Lipinski definition) is 2. The van der Waals surface area contributed by atoms with E-state index >= 15 is 0 Å². The Bertz CT molecular complexity index is 218. The van der Waals surface area contributed by atoms with Crippen molar-refractivity contribution in [3.63, 3.8) is 0 Å². The third-order valence-corrected chi connectivity index (χ3v) is 3.63. The molecule has 2 atom stereocenters. The Balaban J connectivity index is 1.89. The zero-order chi connectivity index (χ0) is 9.97. The highest BCUT2D eigenvalue weighted by Gasteiger charge is 2.29. The lowest BCUT2D eigenvalue weighted by atomic mass is 10.2. The van der Waals surface area contributed by atoms with E-state index in [0.29, 0.717) is 6.04 Å². The second-order valence-corrected chi connectivity index (χ2v) is 4.94. The van der Waals surface area contributed by atoms with Crippen LogP contribution < -0.4 is 10.6 Å². The maximum absolute atomic E-state index is 12.0. The second kappa shape index (κ2) is 4.51. The summed E-state index contributed by atoms with van der Waals surface area (Å²) in [5.41, 5.74) is 0. The normalized spacial score (nSPS) is 33.4. The molecule has 4 nitrogen and oxygen atoms in total. The molecule has 2 fully saturated rings. The summed E-state index contributed by atoms with van der Waals surface area (Å²) in [5, 5.41) is 6.56. The van der Waals surface area contributed by atoms with E-state index in [-0.39, 0.29) is 11.9 Å². The molecule has 2 rings (SSSR count). The summed E-state index contributed by atoms with van der Waals surface area (Å²) < 4.78 is 0. The SMILES string of the molecule is C[C@@H]1CN(C(=O)C2CSCN2)CCN1. The summed E-state index contributed by atoms with van der Waals surface area (Å²) in [5.74, 6) is 2.12. The molecule has 0 spiro atoms. The first-order valence-corrected chi connectivity index (χ1v) is 6.26. The van der Waals surface area contributed by atoms with E-state index in [1.165, 1.54) is 0 Å². The van der Waals surface area contributed by atoms with E-state index in [1.54, 1.807) is 11.8 Å². The zero-order valence-corrected chi connectivity index (χ0v) is 9.27. The minimum Gasteiger partial charge on any atom is -0.338 e. The average molecular weight is 215 g/mol. The molecule has 0 aromatic rings. The largest absolute Gasteiger partial charge is 0.338 e. The number of piperazine rings is 1. The van der Waals surface area contributed by atoms with Crippen LogP contribution in [0.3, 0.4) is 0 Å². The fourth-order valence-corrected chi connectivity index (χ4v) is 2.84. The Morgan fingerprint density at radius 2 is 2.36 bits per heavy atom. The quantitative estimate of drug-likeness (QED) is 0.617. The lowest BCUT2D eigenvalue weighted by Gasteiger charge is -2.33. The number of rotatable bonds is 1. The topological polar surface area (TPSA) is 44.4 Å². The summed E-state index contributed by atoms with van der Waals surface area (Å²) in [6.07, 6.45) is 0. The standard InChI is InChI=1S/C9H17N3OS/c1-7-4-12(3-2-10-7)9(13)8-5-14-6-11-8/h7-8,10-11H,2-6H2,1H3/t7-,8?/m1/s1. The molecular weight excluding hydrogens is 198 g/mol. The molecule has 0 aliphatic carbocycles. The minimum atomic E-state index is 0.0605. The van der Waals surface area contributed by atoms with E-state index in [0.717, 1.165) is 31.3 Å². The van der Waals surface area contributed by atoms with Gasteiger partial charge in [0.15, 0.2) is 0 Å². The van der Waals surface area contributed by atoms with Gasteiger partial charge in [0.25, 0.3) is 0 Å². The average Bonchev–Trinajstić information content (AvgIpc) is 2.69. The van der Waals surface area contributed by atoms with Crippen LogP contribution in [0, 0.1) is 0 Å². The van der Waals surface area contributed by atoms with Gasteiger partial charge in [-0.1, -0.05) is 0 Å². The summed E-state index contributed by atoms with van der Waals surface area (Å²) >= 11 is 1.80. The van der Waals surface area contributed by atoms with Gasteiger partial charge in [0.1, 0.15) is 0 Å². The smallest absolute Gasteiger partial charge is 0.240 e. The Hall–Kier alpha value is -0.260. The zero-order valence-electron chi connectivity index (χ0n) is 8.45. The molecule has 5 heteroatoms. The Morgan fingerprint density at radius 1 is 1.50 bits per heavy atom. The lowest BCUT2D eigenvalue weighted by Crippen LogP contribution is -2.55. The molecule has 0 bridgehead atoms. The van der Waals surface area contributed by atoms with Gasteiger partial charge in [0, 0.05) is 37.3 Å². The monoisotopic (exact) mass is 215 g/mol. The number of nitrogens with one attached hydrogen (secondary N) is 2. The fraction of sp³-hybridized carbons (Fsp3) is 0.889. The third kappa shape index (κ3) is 2.21. The molecule has 2 N–H and O–H groups in total. The van der Waals surface area contributed by atoms with Crippen LogP contribution in [0.2, 0.25) is 0 Å². The van der Waals surface area contributed by atoms with Crippen LogP contribution in [0.25, 0.3) is 0 Å². The van der Waals surface area contributed by atoms with Crippen molar-refractivity contribution >= 4 is 17.7 Å². The van der Waals surface area contributed by atoms with Crippen molar-refractivity contribution in [2.45, 2.75) is 19.0 Å². The molecule has 1 unspecified atom stereocenters. The van der Waals surface area contributed by atoms with Crippen molar-refractivity contribution in [3.8, 4) is 0 Å². The van der Waals surface area contributed by atoms with Gasteiger partial charge >= 0.3 is 0 Å². The highest BCUT2D eigenvalue weighted by molar-refractivity contribution is 7.99. The number of amides is 1. The predicted molar refractivity (Wildman–Crippen MR) is 58.3 cm³/mol. The van der Waals surface area contributed by atoms with E-state index in [1.807, 2.05) is 4.90 Å². The summed E-state index contributed by atoms with van der Waals surface area (Å²) in [7, 11) is 0. The Morgan fingerprint density at radius 3 is 3.00 bits per heavy atom. The number of carbonyl (C=O) groups excluding carboxylic acids is 1. The van der Waals surface area contributed by atoms with E-state index in [9.17, 15) is 4.79 Å². The number of thioether (sulfide) groups is 1. The van der Waals surface area contributed by atoms with Gasteiger partial charge in [-0.2, -0.15) is 0 Å². The first-order valence-electron chi connectivity index (χ1n) is 5.10. The van der Waals surface area contributed by atoms with Gasteiger partial charge in [-0.05, 0) is 6.92 Å². The molecule has 2 heterocycles. The van der Waals surface area contributed by atoms with Crippen LogP contribution >= 0.6 is 11.8 Å². The summed E-state index contributed by atoms with van der Waals surface area (Å²) in [6.45, 7) is 4.75. The summed E-state index contributed by atoms with van der Waals surface area (Å²) in [6, 6.07) is 0.493. The van der Waals surface area contributed by atoms with Crippen molar-refractivity contribution in [3.05, 3.63) is 0 Å². The number of hydrogen-bond acceptors (Lipinski definition) is 4. The molecule has 2 aliphatic rings. The third-order valence-electron chi connectivity index (χ3n) is 2.69. The van der Waals surface area contributed by atoms with Gasteiger partial charge in [0.2, 0.25) is 5.91 Å². The highest BCUT2D eigenvalue weighted by atomic mass is 32.2. The van der Waals surface area contributed by atoms with E-state index in [2.05, 4.69) is 17.6 Å². The molecule has 0 radical (unpaired) electrons. The van der Waals surface area contributed by atoms with Crippen LogP contribution in [0.1, 0.15) is 6.92 Å². The first-order chi connectivity index (χ1) is 6.77. The van der Waals surface area contributed by atoms with Crippen molar-refractivity contribution in [1.82, 2.24) is 15.5 Å².